The number of halogens is 17. The Morgan fingerprint density at radius 2 is 0.886 bits per heavy atom. The molecule has 206 valence electrons. The van der Waals surface area contributed by atoms with Crippen LogP contribution in [0.1, 0.15) is 6.42 Å². The van der Waals surface area contributed by atoms with Crippen molar-refractivity contribution in [3.05, 3.63) is 0 Å². The molecule has 4 nitrogen and oxygen atoms in total. The molecule has 0 N–H and O–H groups in total. The van der Waals surface area contributed by atoms with Gasteiger partial charge in [0.25, 0.3) is 0 Å². The van der Waals surface area contributed by atoms with E-state index < -0.39 is 83.1 Å². The number of ether oxygens (including phenoxy) is 1. The van der Waals surface area contributed by atoms with Crippen LogP contribution >= 0.6 is 0 Å². The maximum absolute atomic E-state index is 13.4. The van der Waals surface area contributed by atoms with Crippen molar-refractivity contribution < 1.29 is 122 Å². The third kappa shape index (κ3) is 6.40. The van der Waals surface area contributed by atoms with Gasteiger partial charge in [0.15, 0.2) is 0 Å². The van der Waals surface area contributed by atoms with E-state index in [1.807, 2.05) is 0 Å². The normalized spacial score (nSPS) is 15.7. The van der Waals surface area contributed by atoms with Gasteiger partial charge in [-0.05, 0) is 6.42 Å². The maximum atomic E-state index is 13.4. The van der Waals surface area contributed by atoms with Crippen LogP contribution < -0.4 is 29.6 Å². The summed E-state index contributed by atoms with van der Waals surface area (Å²) in [5, 5.41) is 0. The van der Waals surface area contributed by atoms with Crippen molar-refractivity contribution in [2.24, 2.45) is 0 Å². The Labute approximate surface area is 205 Å². The molecule has 0 aliphatic heterocycles. The molecule has 0 spiro atoms. The first-order chi connectivity index (χ1) is 14.5. The zero-order chi connectivity index (χ0) is 28.0. The summed E-state index contributed by atoms with van der Waals surface area (Å²) in [6.07, 6.45) is -8.92. The minimum absolute atomic E-state index is 0. The fourth-order valence-corrected chi connectivity index (χ4v) is 2.30. The van der Waals surface area contributed by atoms with Gasteiger partial charge in [-0.15, -0.1) is 0 Å². The van der Waals surface area contributed by atoms with E-state index in [9.17, 15) is 87.6 Å². The molecular weight excluding hydrogens is 586 g/mol. The predicted octanol–water partition coefficient (Wildman–Crippen LogP) is 1.95. The van der Waals surface area contributed by atoms with E-state index >= 15 is 0 Å². The van der Waals surface area contributed by atoms with Gasteiger partial charge in [0.05, 0.1) is 10.1 Å². The molecule has 0 aliphatic carbocycles. The molecule has 0 atom stereocenters. The first-order valence-electron chi connectivity index (χ1n) is 7.68. The zero-order valence-corrected chi connectivity index (χ0v) is 19.1. The monoisotopic (exact) mass is 594 g/mol. The molecule has 35 heavy (non-hydrogen) atoms. The summed E-state index contributed by atoms with van der Waals surface area (Å²) in [5.74, 6) is -58.7. The van der Waals surface area contributed by atoms with Gasteiger partial charge in [0.2, 0.25) is 0 Å². The van der Waals surface area contributed by atoms with Crippen molar-refractivity contribution in [1.82, 2.24) is 0 Å². The van der Waals surface area contributed by atoms with Gasteiger partial charge in [-0.2, -0.15) is 74.6 Å². The molecule has 0 aliphatic rings. The fraction of sp³-hybridized carbons (Fsp3) is 1.00. The first-order valence-corrected chi connectivity index (χ1v) is 9.26. The zero-order valence-electron chi connectivity index (χ0n) is 16.3. The SMILES string of the molecule is O=S(=O)([O-])CCCOCC(F)(F)C(F)(F)C(F)(F)C(F)(F)C(F)(F)C(F)(F)C(F)(F)C(F)(F)F.[Na+]. The molecular formula is C12H8F17NaO4S. The molecule has 0 aromatic heterocycles. The number of hydrogen-bond donors (Lipinski definition) is 0. The van der Waals surface area contributed by atoms with Gasteiger partial charge in [-0.25, -0.2) is 8.42 Å². The van der Waals surface area contributed by atoms with E-state index in [4.69, 9.17) is 0 Å². The van der Waals surface area contributed by atoms with Crippen LogP contribution in [0, 0.1) is 0 Å². The Balaban J connectivity index is 0. The van der Waals surface area contributed by atoms with Crippen LogP contribution in [-0.2, 0) is 14.9 Å². The van der Waals surface area contributed by atoms with Gasteiger partial charge in [0, 0.05) is 12.4 Å². The summed E-state index contributed by atoms with van der Waals surface area (Å²) in [6.45, 7) is -4.60. The Morgan fingerprint density at radius 3 is 1.20 bits per heavy atom. The van der Waals surface area contributed by atoms with Gasteiger partial charge in [0.1, 0.15) is 6.61 Å². The van der Waals surface area contributed by atoms with Crippen LogP contribution in [0.4, 0.5) is 74.6 Å². The van der Waals surface area contributed by atoms with Crippen LogP contribution in [0.2, 0.25) is 0 Å². The Kier molecular flexibility index (Phi) is 11.0. The molecule has 23 heteroatoms. The van der Waals surface area contributed by atoms with Crippen molar-refractivity contribution in [3.63, 3.8) is 0 Å². The minimum atomic E-state index is -8.72. The molecule has 0 aromatic rings. The molecule has 0 radical (unpaired) electrons. The molecule has 0 amide bonds. The maximum Gasteiger partial charge on any atom is 1.00 e. The van der Waals surface area contributed by atoms with E-state index in [0.29, 0.717) is 0 Å². The van der Waals surface area contributed by atoms with Crippen molar-refractivity contribution >= 4 is 10.1 Å². The summed E-state index contributed by atoms with van der Waals surface area (Å²) in [6, 6.07) is 0. The third-order valence-electron chi connectivity index (χ3n) is 3.75. The number of rotatable bonds is 12. The Morgan fingerprint density at radius 1 is 0.571 bits per heavy atom. The molecule has 0 rings (SSSR count). The summed E-state index contributed by atoms with van der Waals surface area (Å²) in [7, 11) is -5.04. The number of alkyl halides is 17. The van der Waals surface area contributed by atoms with Gasteiger partial charge < -0.3 is 9.29 Å². The quantitative estimate of drug-likeness (QED) is 0.150. The average Bonchev–Trinajstić information content (AvgIpc) is 2.58. The largest absolute Gasteiger partial charge is 1.00 e. The predicted molar refractivity (Wildman–Crippen MR) is 70.7 cm³/mol. The standard InChI is InChI=1S/C12H9F17O4S.Na/c13-5(14,4-33-2-1-3-34(30,31)32)6(15,16)7(17,18)8(19,20)9(21,22)10(23,24)11(25,26)12(27,28)29;/h1-4H2,(H,30,31,32);/q;+1/p-1. The van der Waals surface area contributed by atoms with Gasteiger partial charge >= 0.3 is 77.2 Å². The second kappa shape index (κ2) is 10.4. The molecule has 0 saturated carbocycles. The fourth-order valence-electron chi connectivity index (χ4n) is 1.83. The van der Waals surface area contributed by atoms with E-state index in [1.54, 1.807) is 0 Å². The summed E-state index contributed by atoms with van der Waals surface area (Å²) >= 11 is 0. The smallest absolute Gasteiger partial charge is 0.748 e. The van der Waals surface area contributed by atoms with Crippen LogP contribution in [0.25, 0.3) is 0 Å². The Hall–Kier alpha value is -0.320. The van der Waals surface area contributed by atoms with Crippen LogP contribution in [0.3, 0.4) is 0 Å². The van der Waals surface area contributed by atoms with Gasteiger partial charge in [-0.3, -0.25) is 0 Å². The van der Waals surface area contributed by atoms with Crippen molar-refractivity contribution in [2.45, 2.75) is 54.1 Å². The van der Waals surface area contributed by atoms with E-state index in [2.05, 4.69) is 4.74 Å². The average molecular weight is 594 g/mol. The second-order valence-corrected chi connectivity index (χ2v) is 7.84. The second-order valence-electron chi connectivity index (χ2n) is 6.32. The van der Waals surface area contributed by atoms with E-state index in [0.717, 1.165) is 0 Å². The van der Waals surface area contributed by atoms with Crippen LogP contribution in [-0.4, -0.2) is 79.6 Å². The minimum Gasteiger partial charge on any atom is -0.748 e. The van der Waals surface area contributed by atoms with Crippen molar-refractivity contribution in [2.75, 3.05) is 19.0 Å². The third-order valence-corrected chi connectivity index (χ3v) is 4.54. The Bertz CT molecular complexity index is 823. The number of hydrogen-bond acceptors (Lipinski definition) is 4. The topological polar surface area (TPSA) is 66.4 Å². The molecule has 0 bridgehead atoms. The summed E-state index contributed by atoms with van der Waals surface area (Å²) < 4.78 is 255. The summed E-state index contributed by atoms with van der Waals surface area (Å²) in [4.78, 5) is 0. The van der Waals surface area contributed by atoms with Crippen molar-refractivity contribution in [1.29, 1.82) is 0 Å². The van der Waals surface area contributed by atoms with Crippen LogP contribution in [0.5, 0.6) is 0 Å². The summed E-state index contributed by atoms with van der Waals surface area (Å²) in [5.41, 5.74) is 0. The molecule has 0 unspecified atom stereocenters. The van der Waals surface area contributed by atoms with E-state index in [-0.39, 0.29) is 29.6 Å². The van der Waals surface area contributed by atoms with Gasteiger partial charge in [-0.1, -0.05) is 0 Å². The van der Waals surface area contributed by atoms with E-state index in [1.165, 1.54) is 0 Å². The molecule has 0 aromatic carbocycles. The molecule has 0 fully saturated rings. The van der Waals surface area contributed by atoms with Crippen LogP contribution in [0.15, 0.2) is 0 Å². The first kappa shape index (κ1) is 36.8. The molecule has 0 heterocycles. The molecule has 0 saturated heterocycles. The van der Waals surface area contributed by atoms with Crippen molar-refractivity contribution in [3.8, 4) is 0 Å².